The number of hydrogen-bond donors (Lipinski definition) is 1. The zero-order chi connectivity index (χ0) is 17.0. The van der Waals surface area contributed by atoms with Gasteiger partial charge in [-0.15, -0.1) is 0 Å². The van der Waals surface area contributed by atoms with Crippen LogP contribution in [0.4, 0.5) is 10.1 Å². The highest BCUT2D eigenvalue weighted by Crippen LogP contribution is 2.35. The second-order valence-electron chi connectivity index (χ2n) is 4.83. The molecule has 2 aromatic rings. The first-order chi connectivity index (χ1) is 11.0. The van der Waals surface area contributed by atoms with E-state index in [4.69, 9.17) is 14.2 Å². The van der Waals surface area contributed by atoms with E-state index in [9.17, 15) is 9.18 Å². The number of benzene rings is 2. The number of rotatable bonds is 5. The molecule has 0 aliphatic heterocycles. The molecule has 0 aliphatic carbocycles. The summed E-state index contributed by atoms with van der Waals surface area (Å²) in [5.74, 6) is 0.344. The number of ether oxygens (including phenoxy) is 3. The highest BCUT2D eigenvalue weighted by Gasteiger charge is 2.18. The van der Waals surface area contributed by atoms with Gasteiger partial charge >= 0.3 is 0 Å². The number of carbonyl (C=O) groups excluding carboxylic acids is 1. The minimum Gasteiger partial charge on any atom is -0.496 e. The Morgan fingerprint density at radius 1 is 0.957 bits per heavy atom. The van der Waals surface area contributed by atoms with Crippen LogP contribution in [0.5, 0.6) is 17.2 Å². The van der Waals surface area contributed by atoms with E-state index >= 15 is 0 Å². The summed E-state index contributed by atoms with van der Waals surface area (Å²) in [5.41, 5.74) is 1.12. The van der Waals surface area contributed by atoms with E-state index < -0.39 is 5.91 Å². The third-order valence-electron chi connectivity index (χ3n) is 3.38. The Balaban J connectivity index is 2.35. The number of hydrogen-bond acceptors (Lipinski definition) is 4. The van der Waals surface area contributed by atoms with Crippen molar-refractivity contribution in [1.82, 2.24) is 0 Å². The van der Waals surface area contributed by atoms with Gasteiger partial charge in [-0.05, 0) is 24.6 Å². The summed E-state index contributed by atoms with van der Waals surface area (Å²) in [5, 5.41) is 2.63. The van der Waals surface area contributed by atoms with E-state index in [1.54, 1.807) is 25.1 Å². The number of carbonyl (C=O) groups is 1. The molecule has 0 saturated carbocycles. The molecule has 0 saturated heterocycles. The standard InChI is InChI=1S/C17H18FNO4/c1-10-5-6-11(7-13(10)18)19-17(20)12-8-15(22-3)16(23-4)9-14(12)21-2/h5-9H,1-4H3,(H,19,20). The molecule has 5 nitrogen and oxygen atoms in total. The van der Waals surface area contributed by atoms with E-state index in [0.29, 0.717) is 28.5 Å². The van der Waals surface area contributed by atoms with Gasteiger partial charge in [0.05, 0.1) is 26.9 Å². The summed E-state index contributed by atoms with van der Waals surface area (Å²) in [4.78, 5) is 12.4. The maximum absolute atomic E-state index is 13.6. The Bertz CT molecular complexity index is 731. The van der Waals surface area contributed by atoms with Crippen LogP contribution in [0.1, 0.15) is 15.9 Å². The highest BCUT2D eigenvalue weighted by atomic mass is 19.1. The lowest BCUT2D eigenvalue weighted by Crippen LogP contribution is -2.14. The SMILES string of the molecule is COc1cc(OC)c(C(=O)Nc2ccc(C)c(F)c2)cc1OC. The minimum absolute atomic E-state index is 0.256. The molecule has 6 heteroatoms. The Kier molecular flexibility index (Phi) is 5.05. The molecule has 0 fully saturated rings. The molecule has 1 amide bonds. The van der Waals surface area contributed by atoms with Crippen molar-refractivity contribution in [3.05, 3.63) is 47.3 Å². The van der Waals surface area contributed by atoms with Crippen molar-refractivity contribution in [3.8, 4) is 17.2 Å². The van der Waals surface area contributed by atoms with Gasteiger partial charge in [0.25, 0.3) is 5.91 Å². The van der Waals surface area contributed by atoms with Crippen molar-refractivity contribution < 1.29 is 23.4 Å². The molecule has 0 bridgehead atoms. The fourth-order valence-corrected chi connectivity index (χ4v) is 2.08. The van der Waals surface area contributed by atoms with E-state index in [-0.39, 0.29) is 11.4 Å². The topological polar surface area (TPSA) is 56.8 Å². The third kappa shape index (κ3) is 3.53. The second kappa shape index (κ2) is 7.00. The van der Waals surface area contributed by atoms with Gasteiger partial charge in [0.1, 0.15) is 11.6 Å². The Morgan fingerprint density at radius 2 is 1.57 bits per heavy atom. The third-order valence-corrected chi connectivity index (χ3v) is 3.38. The average Bonchev–Trinajstić information content (AvgIpc) is 2.56. The molecule has 0 unspecified atom stereocenters. The normalized spacial score (nSPS) is 10.1. The molecular weight excluding hydrogens is 301 g/mol. The molecule has 0 radical (unpaired) electrons. The Hall–Kier alpha value is -2.76. The average molecular weight is 319 g/mol. The maximum Gasteiger partial charge on any atom is 0.259 e. The van der Waals surface area contributed by atoms with Crippen molar-refractivity contribution in [2.75, 3.05) is 26.6 Å². The molecule has 0 spiro atoms. The van der Waals surface area contributed by atoms with Gasteiger partial charge in [-0.1, -0.05) is 6.07 Å². The summed E-state index contributed by atoms with van der Waals surface area (Å²) in [6.45, 7) is 1.65. The van der Waals surface area contributed by atoms with Gasteiger partial charge in [-0.3, -0.25) is 4.79 Å². The van der Waals surface area contributed by atoms with Crippen LogP contribution in [0.3, 0.4) is 0 Å². The largest absolute Gasteiger partial charge is 0.496 e. The van der Waals surface area contributed by atoms with Crippen LogP contribution in [0.2, 0.25) is 0 Å². The van der Waals surface area contributed by atoms with Crippen molar-refractivity contribution in [2.24, 2.45) is 0 Å². The van der Waals surface area contributed by atoms with E-state index in [1.807, 2.05) is 0 Å². The lowest BCUT2D eigenvalue weighted by atomic mass is 10.1. The van der Waals surface area contributed by atoms with Gasteiger partial charge in [-0.25, -0.2) is 4.39 Å². The zero-order valence-electron chi connectivity index (χ0n) is 13.4. The van der Waals surface area contributed by atoms with Crippen LogP contribution in [0, 0.1) is 12.7 Å². The van der Waals surface area contributed by atoms with Gasteiger partial charge in [0.15, 0.2) is 11.5 Å². The molecule has 0 aromatic heterocycles. The molecule has 122 valence electrons. The number of nitrogens with one attached hydrogen (secondary N) is 1. The van der Waals surface area contributed by atoms with Crippen LogP contribution < -0.4 is 19.5 Å². The van der Waals surface area contributed by atoms with Crippen molar-refractivity contribution in [2.45, 2.75) is 6.92 Å². The summed E-state index contributed by atoms with van der Waals surface area (Å²) < 4.78 is 29.2. The van der Waals surface area contributed by atoms with Crippen LogP contribution >= 0.6 is 0 Å². The van der Waals surface area contributed by atoms with Crippen molar-refractivity contribution >= 4 is 11.6 Å². The summed E-state index contributed by atoms with van der Waals surface area (Å²) in [7, 11) is 4.41. The first-order valence-electron chi connectivity index (χ1n) is 6.87. The smallest absolute Gasteiger partial charge is 0.259 e. The predicted octanol–water partition coefficient (Wildman–Crippen LogP) is 3.41. The quantitative estimate of drug-likeness (QED) is 0.917. The summed E-state index contributed by atoms with van der Waals surface area (Å²) >= 11 is 0. The van der Waals surface area contributed by atoms with Crippen molar-refractivity contribution in [1.29, 1.82) is 0 Å². The predicted molar refractivity (Wildman–Crippen MR) is 85.2 cm³/mol. The van der Waals surface area contributed by atoms with Gasteiger partial charge in [-0.2, -0.15) is 0 Å². The Morgan fingerprint density at radius 3 is 2.13 bits per heavy atom. The Labute approximate surface area is 134 Å². The monoisotopic (exact) mass is 319 g/mol. The number of amides is 1. The van der Waals surface area contributed by atoms with Gasteiger partial charge in [0, 0.05) is 17.8 Å². The number of aryl methyl sites for hydroxylation is 1. The molecule has 1 N–H and O–H groups in total. The lowest BCUT2D eigenvalue weighted by Gasteiger charge is -2.14. The van der Waals surface area contributed by atoms with E-state index in [1.165, 1.54) is 33.5 Å². The molecule has 0 heterocycles. The van der Waals surface area contributed by atoms with Gasteiger partial charge in [0.2, 0.25) is 0 Å². The molecule has 0 aliphatic rings. The molecule has 0 atom stereocenters. The van der Waals surface area contributed by atoms with Gasteiger partial charge < -0.3 is 19.5 Å². The molecule has 2 rings (SSSR count). The van der Waals surface area contributed by atoms with Crippen LogP contribution in [-0.2, 0) is 0 Å². The fraction of sp³-hybridized carbons (Fsp3) is 0.235. The summed E-state index contributed by atoms with van der Waals surface area (Å²) in [6, 6.07) is 7.56. The number of halogens is 1. The molecular formula is C17H18FNO4. The van der Waals surface area contributed by atoms with Crippen LogP contribution in [0.25, 0.3) is 0 Å². The fourth-order valence-electron chi connectivity index (χ4n) is 2.08. The molecule has 2 aromatic carbocycles. The minimum atomic E-state index is -0.439. The molecule has 23 heavy (non-hydrogen) atoms. The number of methoxy groups -OCH3 is 3. The highest BCUT2D eigenvalue weighted by molar-refractivity contribution is 6.06. The van der Waals surface area contributed by atoms with Crippen molar-refractivity contribution in [3.63, 3.8) is 0 Å². The number of anilines is 1. The first-order valence-corrected chi connectivity index (χ1v) is 6.87. The zero-order valence-corrected chi connectivity index (χ0v) is 13.4. The maximum atomic E-state index is 13.6. The van der Waals surface area contributed by atoms with Crippen LogP contribution in [0.15, 0.2) is 30.3 Å². The lowest BCUT2D eigenvalue weighted by molar-refractivity contribution is 0.102. The second-order valence-corrected chi connectivity index (χ2v) is 4.83. The summed E-state index contributed by atoms with van der Waals surface area (Å²) in [6.07, 6.45) is 0. The van der Waals surface area contributed by atoms with Crippen LogP contribution in [-0.4, -0.2) is 27.2 Å². The van der Waals surface area contributed by atoms with E-state index in [0.717, 1.165) is 0 Å². The first kappa shape index (κ1) is 16.6. The van der Waals surface area contributed by atoms with E-state index in [2.05, 4.69) is 5.32 Å².